The monoisotopic (exact) mass is 790 g/mol. The summed E-state index contributed by atoms with van der Waals surface area (Å²) >= 11 is 0. The van der Waals surface area contributed by atoms with E-state index in [0.29, 0.717) is 6.42 Å². The molecule has 0 saturated carbocycles. The van der Waals surface area contributed by atoms with Gasteiger partial charge in [-0.1, -0.05) is 256 Å². The summed E-state index contributed by atoms with van der Waals surface area (Å²) in [6, 6.07) is -0.758. The Hall–Kier alpha value is -1.17. The molecule has 332 valence electrons. The summed E-state index contributed by atoms with van der Waals surface area (Å²) in [7, 11) is 0. The summed E-state index contributed by atoms with van der Waals surface area (Å²) < 4.78 is 0. The Kier molecular flexibility index (Phi) is 45.5. The number of allylic oxidation sites excluding steroid dienone is 3. The van der Waals surface area contributed by atoms with Gasteiger partial charge in [-0.25, -0.2) is 0 Å². The number of hydrogen-bond acceptors (Lipinski definition) is 4. The van der Waals surface area contributed by atoms with E-state index in [-0.39, 0.29) is 18.9 Å². The van der Waals surface area contributed by atoms with Crippen molar-refractivity contribution < 1.29 is 20.1 Å². The van der Waals surface area contributed by atoms with E-state index in [2.05, 4.69) is 31.3 Å². The minimum absolute atomic E-state index is 0.0102. The summed E-state index contributed by atoms with van der Waals surface area (Å²) in [6.07, 6.45) is 57.7. The predicted molar refractivity (Wildman–Crippen MR) is 245 cm³/mol. The quantitative estimate of drug-likeness (QED) is 0.0365. The van der Waals surface area contributed by atoms with Gasteiger partial charge in [-0.3, -0.25) is 4.79 Å². The van der Waals surface area contributed by atoms with Crippen molar-refractivity contribution in [3.8, 4) is 0 Å². The van der Waals surface area contributed by atoms with Crippen LogP contribution in [0.25, 0.3) is 0 Å². The molecule has 0 aromatic carbocycles. The smallest absolute Gasteiger partial charge is 0.222 e. The average Bonchev–Trinajstić information content (AvgIpc) is 3.19. The SMILES string of the molecule is CCCCCCCCCCCCCCCC/C=C/CC/C=C/C(O)C(CO)NC(=O)CC(O)CCCCCCCCCCCCCCCCCCCCCCC. The fraction of sp³-hybridized carbons (Fsp3) is 0.902. The average molecular weight is 790 g/mol. The Morgan fingerprint density at radius 3 is 1.14 bits per heavy atom. The molecule has 0 rings (SSSR count). The van der Waals surface area contributed by atoms with Crippen LogP contribution in [0.15, 0.2) is 24.3 Å². The molecule has 3 unspecified atom stereocenters. The van der Waals surface area contributed by atoms with Crippen molar-refractivity contribution in [1.29, 1.82) is 0 Å². The molecule has 56 heavy (non-hydrogen) atoms. The van der Waals surface area contributed by atoms with Crippen molar-refractivity contribution in [3.63, 3.8) is 0 Å². The second-order valence-electron chi connectivity index (χ2n) is 17.4. The van der Waals surface area contributed by atoms with Gasteiger partial charge < -0.3 is 20.6 Å². The van der Waals surface area contributed by atoms with Gasteiger partial charge in [-0.05, 0) is 32.1 Å². The highest BCUT2D eigenvalue weighted by molar-refractivity contribution is 5.76. The van der Waals surface area contributed by atoms with Crippen LogP contribution in [-0.2, 0) is 4.79 Å². The van der Waals surface area contributed by atoms with E-state index in [1.54, 1.807) is 6.08 Å². The molecule has 0 spiro atoms. The van der Waals surface area contributed by atoms with Gasteiger partial charge in [-0.2, -0.15) is 0 Å². The van der Waals surface area contributed by atoms with Gasteiger partial charge in [0.1, 0.15) is 0 Å². The first-order valence-corrected chi connectivity index (χ1v) is 25.1. The van der Waals surface area contributed by atoms with Crippen molar-refractivity contribution in [2.24, 2.45) is 0 Å². The Bertz CT molecular complexity index is 829. The molecule has 0 bridgehead atoms. The number of aliphatic hydroxyl groups is 3. The highest BCUT2D eigenvalue weighted by Crippen LogP contribution is 2.17. The van der Waals surface area contributed by atoms with Gasteiger partial charge in [0.2, 0.25) is 5.91 Å². The van der Waals surface area contributed by atoms with E-state index in [9.17, 15) is 20.1 Å². The number of carbonyl (C=O) groups is 1. The molecule has 0 aliphatic carbocycles. The summed E-state index contributed by atoms with van der Waals surface area (Å²) in [4.78, 5) is 12.5. The Balaban J connectivity index is 3.63. The molecule has 0 fully saturated rings. The fourth-order valence-corrected chi connectivity index (χ4v) is 7.89. The number of rotatable bonds is 46. The predicted octanol–water partition coefficient (Wildman–Crippen LogP) is 14.9. The van der Waals surface area contributed by atoms with E-state index in [0.717, 1.165) is 32.1 Å². The standard InChI is InChI=1S/C51H99NO4/c1-3-5-7-9-11-13-15-17-19-21-23-25-26-28-30-32-34-36-38-40-42-44-48(54)46-51(56)52-49(47-53)50(55)45-43-41-39-37-35-33-31-29-27-24-22-20-18-16-14-12-10-8-6-4-2/h35,37,43,45,48-50,53-55H,3-34,36,38-42,44,46-47H2,1-2H3,(H,52,56)/b37-35+,45-43+. The number of aliphatic hydroxyl groups excluding tert-OH is 3. The molecule has 5 nitrogen and oxygen atoms in total. The highest BCUT2D eigenvalue weighted by Gasteiger charge is 2.20. The maximum atomic E-state index is 12.5. The third-order valence-corrected chi connectivity index (χ3v) is 11.7. The van der Waals surface area contributed by atoms with E-state index in [4.69, 9.17) is 0 Å². The second-order valence-corrected chi connectivity index (χ2v) is 17.4. The Labute approximate surface area is 350 Å². The van der Waals surface area contributed by atoms with Crippen LogP contribution in [-0.4, -0.2) is 46.1 Å². The van der Waals surface area contributed by atoms with Crippen LogP contribution in [0, 0.1) is 0 Å². The van der Waals surface area contributed by atoms with Gasteiger partial charge >= 0.3 is 0 Å². The van der Waals surface area contributed by atoms with Crippen LogP contribution >= 0.6 is 0 Å². The molecule has 0 aliphatic heterocycles. The summed E-state index contributed by atoms with van der Waals surface area (Å²) in [5, 5.41) is 33.3. The topological polar surface area (TPSA) is 89.8 Å². The van der Waals surface area contributed by atoms with Crippen molar-refractivity contribution in [1.82, 2.24) is 5.32 Å². The minimum atomic E-state index is -0.949. The summed E-state index contributed by atoms with van der Waals surface area (Å²) in [6.45, 7) is 4.23. The van der Waals surface area contributed by atoms with E-state index < -0.39 is 18.2 Å². The van der Waals surface area contributed by atoms with Gasteiger partial charge in [-0.15, -0.1) is 0 Å². The van der Waals surface area contributed by atoms with E-state index in [1.165, 1.54) is 212 Å². The normalized spacial score (nSPS) is 13.6. The molecule has 0 aliphatic rings. The first-order valence-electron chi connectivity index (χ1n) is 25.1. The van der Waals surface area contributed by atoms with E-state index in [1.807, 2.05) is 6.08 Å². The lowest BCUT2D eigenvalue weighted by Gasteiger charge is -2.21. The van der Waals surface area contributed by atoms with Gasteiger partial charge in [0.25, 0.3) is 0 Å². The van der Waals surface area contributed by atoms with Crippen LogP contribution in [0.3, 0.4) is 0 Å². The van der Waals surface area contributed by atoms with Gasteiger partial charge in [0.15, 0.2) is 0 Å². The minimum Gasteiger partial charge on any atom is -0.394 e. The van der Waals surface area contributed by atoms with Crippen molar-refractivity contribution in [2.45, 2.75) is 289 Å². The molecule has 5 heteroatoms. The molecule has 0 aromatic rings. The lowest BCUT2D eigenvalue weighted by Crippen LogP contribution is -2.45. The zero-order valence-corrected chi connectivity index (χ0v) is 37.8. The fourth-order valence-electron chi connectivity index (χ4n) is 7.89. The van der Waals surface area contributed by atoms with E-state index >= 15 is 0 Å². The molecule has 0 heterocycles. The molecule has 3 atom stereocenters. The lowest BCUT2D eigenvalue weighted by atomic mass is 10.0. The zero-order chi connectivity index (χ0) is 40.8. The molecule has 0 saturated heterocycles. The zero-order valence-electron chi connectivity index (χ0n) is 37.8. The maximum absolute atomic E-state index is 12.5. The first kappa shape index (κ1) is 54.8. The molecule has 4 N–H and O–H groups in total. The van der Waals surface area contributed by atoms with Crippen LogP contribution in [0.5, 0.6) is 0 Å². The van der Waals surface area contributed by atoms with Crippen molar-refractivity contribution in [2.75, 3.05) is 6.61 Å². The molecular formula is C51H99NO4. The highest BCUT2D eigenvalue weighted by atomic mass is 16.3. The van der Waals surface area contributed by atoms with Crippen LogP contribution < -0.4 is 5.32 Å². The third kappa shape index (κ3) is 42.4. The lowest BCUT2D eigenvalue weighted by molar-refractivity contribution is -0.124. The number of amides is 1. The number of carbonyl (C=O) groups excluding carboxylic acids is 1. The Morgan fingerprint density at radius 2 is 0.768 bits per heavy atom. The van der Waals surface area contributed by atoms with Gasteiger partial charge in [0.05, 0.1) is 31.3 Å². The summed E-state index contributed by atoms with van der Waals surface area (Å²) in [5.41, 5.74) is 0. The molecule has 1 amide bonds. The Morgan fingerprint density at radius 1 is 0.446 bits per heavy atom. The summed E-state index contributed by atoms with van der Waals surface area (Å²) in [5.74, 6) is -0.320. The first-order chi connectivity index (χ1) is 27.5. The van der Waals surface area contributed by atoms with Crippen LogP contribution in [0.2, 0.25) is 0 Å². The maximum Gasteiger partial charge on any atom is 0.222 e. The number of nitrogens with one attached hydrogen (secondary N) is 1. The molecule has 0 aromatic heterocycles. The second kappa shape index (κ2) is 46.5. The molecular weight excluding hydrogens is 691 g/mol. The molecule has 0 radical (unpaired) electrons. The third-order valence-electron chi connectivity index (χ3n) is 11.7. The van der Waals surface area contributed by atoms with Crippen LogP contribution in [0.4, 0.5) is 0 Å². The number of hydrogen-bond donors (Lipinski definition) is 4. The largest absolute Gasteiger partial charge is 0.394 e. The van der Waals surface area contributed by atoms with Crippen LogP contribution in [0.1, 0.15) is 271 Å². The number of unbranched alkanes of at least 4 members (excludes halogenated alkanes) is 35. The van der Waals surface area contributed by atoms with Gasteiger partial charge in [0, 0.05) is 0 Å². The van der Waals surface area contributed by atoms with Crippen molar-refractivity contribution in [3.05, 3.63) is 24.3 Å². The van der Waals surface area contributed by atoms with Crippen molar-refractivity contribution >= 4 is 5.91 Å².